The smallest absolute Gasteiger partial charge is 0.0523 e. The highest BCUT2D eigenvalue weighted by molar-refractivity contribution is 8.38. The topological polar surface area (TPSA) is 35.0 Å². The van der Waals surface area contributed by atoms with E-state index < -0.39 is 0 Å². The van der Waals surface area contributed by atoms with E-state index in [1.165, 1.54) is 0 Å². The van der Waals surface area contributed by atoms with Crippen molar-refractivity contribution in [3.63, 3.8) is 0 Å². The summed E-state index contributed by atoms with van der Waals surface area (Å²) in [5.41, 5.74) is 0. The highest BCUT2D eigenvalue weighted by Crippen LogP contribution is 2.08. The second-order valence-corrected chi connectivity index (χ2v) is 1.57. The minimum Gasteiger partial charge on any atom is -0.344 e. The lowest BCUT2D eigenvalue weighted by Crippen LogP contribution is -0.745. The van der Waals surface area contributed by atoms with Gasteiger partial charge < -0.3 is 6.15 Å². The quantitative estimate of drug-likeness (QED) is 0.531. The van der Waals surface area contributed by atoms with Gasteiger partial charge >= 0.3 is 0 Å². The molecule has 0 aromatic heterocycles. The summed E-state index contributed by atoms with van der Waals surface area (Å²) in [5.74, 6) is 0. The van der Waals surface area contributed by atoms with Gasteiger partial charge in [-0.05, 0) is 21.4 Å². The average molecular weight is 120 g/mol. The van der Waals surface area contributed by atoms with Crippen molar-refractivity contribution < 1.29 is 0 Å². The molecule has 3 N–H and O–H groups in total. The lowest BCUT2D eigenvalue weighted by atomic mass is 14.0. The van der Waals surface area contributed by atoms with Gasteiger partial charge in [-0.25, -0.2) is 0 Å². The van der Waals surface area contributed by atoms with Gasteiger partial charge in [0.15, 0.2) is 0 Å². The zero-order valence-corrected chi connectivity index (χ0v) is 4.20. The molecule has 0 aromatic rings. The van der Waals surface area contributed by atoms with Crippen LogP contribution in [-0.4, -0.2) is 0 Å². The van der Waals surface area contributed by atoms with Crippen molar-refractivity contribution in [2.45, 2.75) is 0 Å². The van der Waals surface area contributed by atoms with E-state index in [9.17, 15) is 0 Å². The van der Waals surface area contributed by atoms with Crippen LogP contribution >= 0.6 is 31.6 Å². The zero-order valence-electron chi connectivity index (χ0n) is 1.87. The molecule has 4 heavy (non-hydrogen) atoms. The summed E-state index contributed by atoms with van der Waals surface area (Å²) in [6, 6.07) is 0. The van der Waals surface area contributed by atoms with Gasteiger partial charge in [0.2, 0.25) is 0 Å². The summed E-state index contributed by atoms with van der Waals surface area (Å²) in [7, 11) is 10.1. The summed E-state index contributed by atoms with van der Waals surface area (Å²) in [6.45, 7) is 0. The van der Waals surface area contributed by atoms with Crippen LogP contribution < -0.4 is 6.15 Å². The monoisotopic (exact) mass is 119 g/mol. The SMILES string of the molecule is ClSCl.N. The lowest BCUT2D eigenvalue weighted by molar-refractivity contribution is 2.13. The number of hydrogen-bond donors (Lipinski definition) is 1. The average Bonchev–Trinajstić information content (AvgIpc) is 0.918. The Bertz CT molecular complexity index is 6.00. The summed E-state index contributed by atoms with van der Waals surface area (Å²) >= 11 is 0. The molecule has 0 aliphatic rings. The van der Waals surface area contributed by atoms with Crippen molar-refractivity contribution in [3.8, 4) is 0 Å². The van der Waals surface area contributed by atoms with Crippen LogP contribution in [0.25, 0.3) is 0 Å². The van der Waals surface area contributed by atoms with E-state index in [0.29, 0.717) is 10.2 Å². The van der Waals surface area contributed by atoms with Crippen molar-refractivity contribution in [2.75, 3.05) is 0 Å². The fourth-order valence-electron chi connectivity index (χ4n) is 0. The van der Waals surface area contributed by atoms with Crippen LogP contribution in [0.15, 0.2) is 0 Å². The van der Waals surface area contributed by atoms with Crippen molar-refractivity contribution in [3.05, 3.63) is 0 Å². The van der Waals surface area contributed by atoms with Gasteiger partial charge in [0.25, 0.3) is 0 Å². The zero-order chi connectivity index (χ0) is 2.71. The normalized spacial score (nSPS) is 4.50. The van der Waals surface area contributed by atoms with Gasteiger partial charge in [-0.15, -0.1) is 0 Å². The molecule has 0 spiro atoms. The highest BCUT2D eigenvalue weighted by atomic mass is 36.0. The summed E-state index contributed by atoms with van der Waals surface area (Å²) in [5, 5.41) is 0. The molecule has 1 nitrogen and oxygen atoms in total. The molecular formula is H3Cl2NS. The van der Waals surface area contributed by atoms with Gasteiger partial charge in [-0.3, -0.25) is 0 Å². The lowest BCUT2D eigenvalue weighted by Gasteiger charge is -1.40. The summed E-state index contributed by atoms with van der Waals surface area (Å²) in [4.78, 5) is 0. The maximum Gasteiger partial charge on any atom is 0.0523 e. The van der Waals surface area contributed by atoms with Crippen molar-refractivity contribution >= 4 is 31.6 Å². The van der Waals surface area contributed by atoms with Crippen LogP contribution in [0.2, 0.25) is 0 Å². The van der Waals surface area contributed by atoms with E-state index in [4.69, 9.17) is 0 Å². The standard InChI is InChI=1S/Cl2S.H3N/c1-3-2;/h;1H3. The van der Waals surface area contributed by atoms with E-state index >= 15 is 0 Å². The first-order valence-corrected chi connectivity index (χ1v) is 2.78. The molecule has 4 heteroatoms. The van der Waals surface area contributed by atoms with Crippen molar-refractivity contribution in [2.24, 2.45) is 0 Å². The molecule has 0 aromatic carbocycles. The maximum absolute atomic E-state index is 4.68. The van der Waals surface area contributed by atoms with Crippen LogP contribution in [0.4, 0.5) is 0 Å². The first-order chi connectivity index (χ1) is 1.41. The Labute approximate surface area is 38.2 Å². The molecule has 0 amide bonds. The van der Waals surface area contributed by atoms with Gasteiger partial charge in [-0.2, -0.15) is 0 Å². The van der Waals surface area contributed by atoms with Gasteiger partial charge in [0, 0.05) is 0 Å². The molecule has 0 heterocycles. The van der Waals surface area contributed by atoms with Crippen LogP contribution in [-0.2, 0) is 0 Å². The molecule has 0 unspecified atom stereocenters. The Kier molecular flexibility index (Phi) is 20.1. The number of hydrogen-bond acceptors (Lipinski definition) is 2. The molecular weight excluding hydrogens is 117 g/mol. The fourth-order valence-corrected chi connectivity index (χ4v) is 0. The van der Waals surface area contributed by atoms with E-state index in [1.54, 1.807) is 0 Å². The summed E-state index contributed by atoms with van der Waals surface area (Å²) < 4.78 is 0. The number of rotatable bonds is 0. The van der Waals surface area contributed by atoms with E-state index in [-0.39, 0.29) is 6.15 Å². The Balaban J connectivity index is 0. The molecule has 0 radical (unpaired) electrons. The third-order valence-corrected chi connectivity index (χ3v) is 0. The van der Waals surface area contributed by atoms with Gasteiger partial charge in [0.05, 0.1) is 10.2 Å². The molecule has 0 aliphatic heterocycles. The Morgan fingerprint density at radius 1 is 1.25 bits per heavy atom. The van der Waals surface area contributed by atoms with E-state index in [0.717, 1.165) is 0 Å². The molecule has 0 atom stereocenters. The predicted molar refractivity (Wildman–Crippen MR) is 24.3 cm³/mol. The third-order valence-electron chi connectivity index (χ3n) is 0. The second-order valence-electron chi connectivity index (χ2n) is 0.0583. The second kappa shape index (κ2) is 9.10. The van der Waals surface area contributed by atoms with E-state index in [2.05, 4.69) is 21.4 Å². The minimum absolute atomic E-state index is 0. The first kappa shape index (κ1) is 8.86. The maximum atomic E-state index is 4.68. The number of halogens is 2. The Morgan fingerprint density at radius 3 is 1.25 bits per heavy atom. The largest absolute Gasteiger partial charge is 0.344 e. The Hall–Kier alpha value is 0.890. The third kappa shape index (κ3) is 13.0. The predicted octanol–water partition coefficient (Wildman–Crippen LogP) is 2.19. The van der Waals surface area contributed by atoms with Crippen LogP contribution in [0.5, 0.6) is 0 Å². The first-order valence-electron chi connectivity index (χ1n) is 0.309. The van der Waals surface area contributed by atoms with E-state index in [1.807, 2.05) is 0 Å². The fraction of sp³-hybridized carbons (Fsp3) is 0. The molecule has 0 saturated heterocycles. The molecule has 0 fully saturated rings. The van der Waals surface area contributed by atoms with Gasteiger partial charge in [0.1, 0.15) is 0 Å². The molecule has 0 rings (SSSR count). The van der Waals surface area contributed by atoms with Crippen LogP contribution in [0, 0.1) is 0 Å². The van der Waals surface area contributed by atoms with Gasteiger partial charge in [-0.1, -0.05) is 0 Å². The van der Waals surface area contributed by atoms with Crippen LogP contribution in [0.1, 0.15) is 0 Å². The molecule has 28 valence electrons. The highest BCUT2D eigenvalue weighted by Gasteiger charge is 1.43. The van der Waals surface area contributed by atoms with Crippen molar-refractivity contribution in [1.29, 1.82) is 0 Å². The summed E-state index contributed by atoms with van der Waals surface area (Å²) in [6.07, 6.45) is 0. The molecule has 0 bridgehead atoms. The molecule has 0 aliphatic carbocycles. The van der Waals surface area contributed by atoms with Crippen molar-refractivity contribution in [1.82, 2.24) is 6.15 Å². The Morgan fingerprint density at radius 2 is 1.25 bits per heavy atom. The van der Waals surface area contributed by atoms with Crippen LogP contribution in [0.3, 0.4) is 0 Å². The minimum atomic E-state index is 0. The molecule has 0 saturated carbocycles.